The fourth-order valence-electron chi connectivity index (χ4n) is 3.25. The molecule has 3 rings (SSSR count). The molecule has 0 radical (unpaired) electrons. The molecule has 3 aromatic rings. The van der Waals surface area contributed by atoms with E-state index in [0.717, 1.165) is 17.1 Å². The number of anilines is 1. The van der Waals surface area contributed by atoms with Gasteiger partial charge in [0.1, 0.15) is 10.9 Å². The summed E-state index contributed by atoms with van der Waals surface area (Å²) in [5.41, 5.74) is 12.3. The van der Waals surface area contributed by atoms with Crippen LogP contribution in [0.3, 0.4) is 0 Å². The van der Waals surface area contributed by atoms with Crippen LogP contribution < -0.4 is 16.8 Å². The highest BCUT2D eigenvalue weighted by molar-refractivity contribution is 7.09. The molecule has 0 bridgehead atoms. The third kappa shape index (κ3) is 5.70. The van der Waals surface area contributed by atoms with Gasteiger partial charge in [0.05, 0.1) is 5.69 Å². The molecule has 2 aromatic heterocycles. The molecule has 0 spiro atoms. The predicted octanol–water partition coefficient (Wildman–Crippen LogP) is 1.10. The number of carbonyl (C=O) groups is 3. The molecule has 1 aromatic carbocycles. The highest BCUT2D eigenvalue weighted by atomic mass is 32.1. The molecule has 6 N–H and O–H groups in total. The average molecular weight is 469 g/mol. The topological polar surface area (TPSA) is 165 Å². The lowest BCUT2D eigenvalue weighted by Gasteiger charge is -2.31. The van der Waals surface area contributed by atoms with Gasteiger partial charge in [-0.25, -0.2) is 0 Å². The van der Waals surface area contributed by atoms with Gasteiger partial charge in [0, 0.05) is 32.1 Å². The van der Waals surface area contributed by atoms with Gasteiger partial charge in [0.25, 0.3) is 11.8 Å². The quantitative estimate of drug-likeness (QED) is 0.346. The smallest absolute Gasteiger partial charge is 0.270 e. The Labute approximate surface area is 194 Å². The maximum absolute atomic E-state index is 13.5. The molecule has 33 heavy (non-hydrogen) atoms. The summed E-state index contributed by atoms with van der Waals surface area (Å²) in [6.45, 7) is 0.130. The molecular formula is C22H24N6O4S. The lowest BCUT2D eigenvalue weighted by molar-refractivity contribution is -0.126. The molecule has 2 heterocycles. The van der Waals surface area contributed by atoms with E-state index in [-0.39, 0.29) is 42.4 Å². The first-order valence-electron chi connectivity index (χ1n) is 10.1. The molecular weight excluding hydrogens is 444 g/mol. The Hall–Kier alpha value is -3.83. The van der Waals surface area contributed by atoms with Crippen LogP contribution in [0.4, 0.5) is 5.69 Å². The Morgan fingerprint density at radius 2 is 1.82 bits per heavy atom. The maximum atomic E-state index is 13.5. The third-order valence-electron chi connectivity index (χ3n) is 4.87. The standard InChI is InChI=1S/C22H24N6O4S/c23-16-17(20(24)30)27-33-19(16)22(32)28(11-4-12-29)18(15-7-9-25-10-8-15)21(31)26-13-14-5-2-1-3-6-14/h1-3,5-10,18,29H,4,11-13,23H2,(H2,24,30)(H,26,31)/t18-/m0/s1. The van der Waals surface area contributed by atoms with Gasteiger partial charge >= 0.3 is 0 Å². The van der Waals surface area contributed by atoms with Gasteiger partial charge in [-0.05, 0) is 41.2 Å². The largest absolute Gasteiger partial charge is 0.396 e. The molecule has 0 saturated heterocycles. The minimum absolute atomic E-state index is 0.00310. The molecule has 0 aliphatic rings. The van der Waals surface area contributed by atoms with E-state index in [9.17, 15) is 19.5 Å². The first kappa shape index (κ1) is 23.8. The number of hydrogen-bond donors (Lipinski definition) is 4. The lowest BCUT2D eigenvalue weighted by atomic mass is 10.0. The Morgan fingerprint density at radius 1 is 1.12 bits per heavy atom. The van der Waals surface area contributed by atoms with Gasteiger partial charge in [-0.1, -0.05) is 30.3 Å². The van der Waals surface area contributed by atoms with Crippen molar-refractivity contribution in [2.75, 3.05) is 18.9 Å². The number of nitrogens with zero attached hydrogens (tertiary/aromatic N) is 3. The van der Waals surface area contributed by atoms with Crippen molar-refractivity contribution in [2.45, 2.75) is 19.0 Å². The van der Waals surface area contributed by atoms with Crippen LogP contribution >= 0.6 is 11.5 Å². The zero-order valence-electron chi connectivity index (χ0n) is 17.7. The number of aliphatic hydroxyl groups excluding tert-OH is 1. The fourth-order valence-corrected chi connectivity index (χ4v) is 4.01. The molecule has 0 aliphatic heterocycles. The molecule has 0 aliphatic carbocycles. The van der Waals surface area contributed by atoms with Gasteiger partial charge in [-0.3, -0.25) is 19.4 Å². The van der Waals surface area contributed by atoms with E-state index in [4.69, 9.17) is 11.5 Å². The predicted molar refractivity (Wildman–Crippen MR) is 123 cm³/mol. The van der Waals surface area contributed by atoms with E-state index >= 15 is 0 Å². The number of nitrogen functional groups attached to an aromatic ring is 1. The molecule has 0 saturated carbocycles. The lowest BCUT2D eigenvalue weighted by Crippen LogP contribution is -2.44. The summed E-state index contributed by atoms with van der Waals surface area (Å²) < 4.78 is 3.89. The first-order valence-corrected chi connectivity index (χ1v) is 10.9. The van der Waals surface area contributed by atoms with Crippen LogP contribution in [0.2, 0.25) is 0 Å². The van der Waals surface area contributed by atoms with E-state index in [1.807, 2.05) is 30.3 Å². The van der Waals surface area contributed by atoms with Crippen LogP contribution in [-0.2, 0) is 11.3 Å². The summed E-state index contributed by atoms with van der Waals surface area (Å²) in [7, 11) is 0. The maximum Gasteiger partial charge on any atom is 0.270 e. The monoisotopic (exact) mass is 468 g/mol. The van der Waals surface area contributed by atoms with Gasteiger partial charge in [-0.15, -0.1) is 0 Å². The fraction of sp³-hybridized carbons (Fsp3) is 0.227. The van der Waals surface area contributed by atoms with Crippen LogP contribution in [0.25, 0.3) is 0 Å². The van der Waals surface area contributed by atoms with Crippen molar-refractivity contribution in [1.29, 1.82) is 0 Å². The Bertz CT molecular complexity index is 1110. The summed E-state index contributed by atoms with van der Waals surface area (Å²) in [5, 5.41) is 12.3. The second-order valence-corrected chi connectivity index (χ2v) is 7.87. The minimum atomic E-state index is -1.03. The molecule has 0 unspecified atom stereocenters. The van der Waals surface area contributed by atoms with E-state index in [0.29, 0.717) is 5.56 Å². The van der Waals surface area contributed by atoms with Crippen LogP contribution in [-0.4, -0.2) is 50.2 Å². The van der Waals surface area contributed by atoms with Crippen LogP contribution in [0, 0.1) is 0 Å². The van der Waals surface area contributed by atoms with Crippen molar-refractivity contribution < 1.29 is 19.5 Å². The molecule has 3 amide bonds. The van der Waals surface area contributed by atoms with E-state index in [1.54, 1.807) is 12.1 Å². The van der Waals surface area contributed by atoms with E-state index in [1.165, 1.54) is 17.3 Å². The third-order valence-corrected chi connectivity index (χ3v) is 5.72. The highest BCUT2D eigenvalue weighted by Crippen LogP contribution is 2.29. The summed E-state index contributed by atoms with van der Waals surface area (Å²) in [6.07, 6.45) is 3.27. The molecule has 10 nitrogen and oxygen atoms in total. The van der Waals surface area contributed by atoms with Gasteiger partial charge in [0.2, 0.25) is 5.91 Å². The van der Waals surface area contributed by atoms with Crippen molar-refractivity contribution in [2.24, 2.45) is 5.73 Å². The van der Waals surface area contributed by atoms with Gasteiger partial charge < -0.3 is 26.8 Å². The molecule has 0 fully saturated rings. The average Bonchev–Trinajstić information content (AvgIpc) is 3.22. The van der Waals surface area contributed by atoms with Crippen molar-refractivity contribution >= 4 is 34.9 Å². The second kappa shape index (κ2) is 11.2. The molecule has 172 valence electrons. The number of aliphatic hydroxyl groups is 1. The van der Waals surface area contributed by atoms with Gasteiger partial charge in [0.15, 0.2) is 5.69 Å². The number of aromatic nitrogens is 2. The van der Waals surface area contributed by atoms with Crippen molar-refractivity contribution in [3.63, 3.8) is 0 Å². The highest BCUT2D eigenvalue weighted by Gasteiger charge is 2.34. The number of primary amides is 1. The zero-order valence-corrected chi connectivity index (χ0v) is 18.5. The number of nitrogens with two attached hydrogens (primary N) is 2. The number of carbonyl (C=O) groups excluding carboxylic acids is 3. The van der Waals surface area contributed by atoms with Crippen LogP contribution in [0.1, 0.15) is 43.7 Å². The summed E-state index contributed by atoms with van der Waals surface area (Å²) >= 11 is 0.735. The summed E-state index contributed by atoms with van der Waals surface area (Å²) in [6, 6.07) is 11.6. The molecule has 11 heteroatoms. The Balaban J connectivity index is 1.96. The number of benzene rings is 1. The minimum Gasteiger partial charge on any atom is -0.396 e. The Morgan fingerprint density at radius 3 is 2.42 bits per heavy atom. The van der Waals surface area contributed by atoms with Crippen molar-refractivity contribution in [1.82, 2.24) is 19.6 Å². The SMILES string of the molecule is NC(=O)c1nsc(C(=O)N(CCCO)[C@H](C(=O)NCc2ccccc2)c2ccncc2)c1N. The zero-order chi connectivity index (χ0) is 23.8. The summed E-state index contributed by atoms with van der Waals surface area (Å²) in [5.74, 6) is -1.87. The number of pyridine rings is 1. The second-order valence-electron chi connectivity index (χ2n) is 7.10. The number of rotatable bonds is 10. The number of hydrogen-bond acceptors (Lipinski definition) is 8. The van der Waals surface area contributed by atoms with Crippen molar-refractivity contribution in [3.05, 3.63) is 76.6 Å². The molecule has 1 atom stereocenters. The van der Waals surface area contributed by atoms with Crippen LogP contribution in [0.5, 0.6) is 0 Å². The van der Waals surface area contributed by atoms with Gasteiger partial charge in [-0.2, -0.15) is 4.37 Å². The van der Waals surface area contributed by atoms with Crippen LogP contribution in [0.15, 0.2) is 54.9 Å². The Kier molecular flexibility index (Phi) is 8.06. The number of nitrogens with one attached hydrogen (secondary N) is 1. The van der Waals surface area contributed by atoms with E-state index < -0.39 is 23.8 Å². The first-order chi connectivity index (χ1) is 15.9. The van der Waals surface area contributed by atoms with E-state index in [2.05, 4.69) is 14.7 Å². The number of amides is 3. The normalized spacial score (nSPS) is 11.5. The van der Waals surface area contributed by atoms with Crippen molar-refractivity contribution in [3.8, 4) is 0 Å². The summed E-state index contributed by atoms with van der Waals surface area (Å²) in [4.78, 5) is 43.7.